The van der Waals surface area contributed by atoms with E-state index in [1.54, 1.807) is 0 Å². The summed E-state index contributed by atoms with van der Waals surface area (Å²) in [6.07, 6.45) is 4.54. The number of Topliss-reactive ketones (excluding diaryl/α,β-unsaturated/α-hetero) is 1. The molecule has 2 aliphatic carbocycles. The lowest BCUT2D eigenvalue weighted by Crippen LogP contribution is -2.58. The van der Waals surface area contributed by atoms with E-state index in [1.165, 1.54) is 0 Å². The number of ketones is 1. The zero-order valence-corrected chi connectivity index (χ0v) is 8.51. The van der Waals surface area contributed by atoms with Gasteiger partial charge in [0, 0.05) is 12.8 Å². The SMILES string of the molecule is CCC1(C2(C(=O)O)CC(=O)C2)CCC1. The molecule has 0 saturated heterocycles. The minimum Gasteiger partial charge on any atom is -0.481 e. The van der Waals surface area contributed by atoms with Crippen LogP contribution in [-0.2, 0) is 9.59 Å². The molecule has 0 aliphatic heterocycles. The maximum absolute atomic E-state index is 11.3. The van der Waals surface area contributed by atoms with E-state index in [0.29, 0.717) is 0 Å². The van der Waals surface area contributed by atoms with Gasteiger partial charge >= 0.3 is 5.97 Å². The van der Waals surface area contributed by atoms with Crippen molar-refractivity contribution >= 4 is 11.8 Å². The van der Waals surface area contributed by atoms with E-state index < -0.39 is 11.4 Å². The molecule has 0 spiro atoms. The van der Waals surface area contributed by atoms with Crippen LogP contribution in [0, 0.1) is 10.8 Å². The van der Waals surface area contributed by atoms with E-state index in [-0.39, 0.29) is 24.0 Å². The van der Waals surface area contributed by atoms with Gasteiger partial charge < -0.3 is 5.11 Å². The fourth-order valence-electron chi connectivity index (χ4n) is 3.15. The summed E-state index contributed by atoms with van der Waals surface area (Å²) < 4.78 is 0. The number of carbonyl (C=O) groups excluding carboxylic acids is 1. The Labute approximate surface area is 83.5 Å². The molecule has 0 aromatic rings. The fourth-order valence-corrected chi connectivity index (χ4v) is 3.15. The van der Waals surface area contributed by atoms with Crippen LogP contribution in [0.2, 0.25) is 0 Å². The van der Waals surface area contributed by atoms with Crippen molar-refractivity contribution < 1.29 is 14.7 Å². The molecule has 3 heteroatoms. The summed E-state index contributed by atoms with van der Waals surface area (Å²) in [5.41, 5.74) is -0.760. The molecule has 1 N–H and O–H groups in total. The van der Waals surface area contributed by atoms with Crippen LogP contribution in [0.15, 0.2) is 0 Å². The maximum Gasteiger partial charge on any atom is 0.311 e. The van der Waals surface area contributed by atoms with E-state index in [2.05, 4.69) is 0 Å². The molecule has 0 aromatic heterocycles. The third kappa shape index (κ3) is 0.928. The van der Waals surface area contributed by atoms with E-state index in [1.807, 2.05) is 6.92 Å². The highest BCUT2D eigenvalue weighted by molar-refractivity contribution is 5.97. The Morgan fingerprint density at radius 1 is 1.43 bits per heavy atom. The van der Waals surface area contributed by atoms with Crippen molar-refractivity contribution in [1.29, 1.82) is 0 Å². The topological polar surface area (TPSA) is 54.4 Å². The van der Waals surface area contributed by atoms with Gasteiger partial charge in [-0.3, -0.25) is 9.59 Å². The Hall–Kier alpha value is -0.860. The van der Waals surface area contributed by atoms with Gasteiger partial charge in [0.05, 0.1) is 5.41 Å². The number of carboxylic acid groups (broad SMARTS) is 1. The second-order valence-electron chi connectivity index (χ2n) is 4.77. The van der Waals surface area contributed by atoms with Crippen molar-refractivity contribution in [2.75, 3.05) is 0 Å². The zero-order valence-electron chi connectivity index (χ0n) is 8.51. The van der Waals surface area contributed by atoms with Crippen LogP contribution in [0.1, 0.15) is 45.4 Å². The van der Waals surface area contributed by atoms with Crippen LogP contribution in [0.5, 0.6) is 0 Å². The van der Waals surface area contributed by atoms with Gasteiger partial charge in [-0.2, -0.15) is 0 Å². The largest absolute Gasteiger partial charge is 0.481 e. The monoisotopic (exact) mass is 196 g/mol. The third-order valence-electron chi connectivity index (χ3n) is 4.41. The van der Waals surface area contributed by atoms with Gasteiger partial charge in [0.15, 0.2) is 0 Å². The molecule has 2 fully saturated rings. The van der Waals surface area contributed by atoms with Gasteiger partial charge in [0.2, 0.25) is 0 Å². The Kier molecular flexibility index (Phi) is 1.95. The quantitative estimate of drug-likeness (QED) is 0.751. The first-order valence-corrected chi connectivity index (χ1v) is 5.31. The van der Waals surface area contributed by atoms with Gasteiger partial charge in [0.25, 0.3) is 0 Å². The van der Waals surface area contributed by atoms with Crippen molar-refractivity contribution in [1.82, 2.24) is 0 Å². The lowest BCUT2D eigenvalue weighted by Gasteiger charge is -2.57. The molecule has 0 radical (unpaired) electrons. The molecule has 0 unspecified atom stereocenters. The molecule has 3 nitrogen and oxygen atoms in total. The minimum atomic E-state index is -0.751. The summed E-state index contributed by atoms with van der Waals surface area (Å²) in [7, 11) is 0. The standard InChI is InChI=1S/C11H16O3/c1-2-10(4-3-5-10)11(9(13)14)6-8(12)7-11/h2-7H2,1H3,(H,13,14). The smallest absolute Gasteiger partial charge is 0.311 e. The van der Waals surface area contributed by atoms with Crippen molar-refractivity contribution in [3.63, 3.8) is 0 Å². The number of hydrogen-bond acceptors (Lipinski definition) is 2. The molecule has 78 valence electrons. The fraction of sp³-hybridized carbons (Fsp3) is 0.818. The molecule has 2 rings (SSSR count). The predicted molar refractivity (Wildman–Crippen MR) is 50.9 cm³/mol. The maximum atomic E-state index is 11.3. The number of carbonyl (C=O) groups is 2. The Bertz CT molecular complexity index is 275. The molecular weight excluding hydrogens is 180 g/mol. The van der Waals surface area contributed by atoms with E-state index in [4.69, 9.17) is 0 Å². The molecule has 0 amide bonds. The Morgan fingerprint density at radius 2 is 2.00 bits per heavy atom. The van der Waals surface area contributed by atoms with Crippen molar-refractivity contribution in [2.24, 2.45) is 10.8 Å². The van der Waals surface area contributed by atoms with Gasteiger partial charge in [-0.05, 0) is 24.7 Å². The van der Waals surface area contributed by atoms with Crippen LogP contribution in [0.4, 0.5) is 0 Å². The summed E-state index contributed by atoms with van der Waals surface area (Å²) in [6.45, 7) is 2.05. The van der Waals surface area contributed by atoms with Crippen LogP contribution in [0.25, 0.3) is 0 Å². The van der Waals surface area contributed by atoms with Crippen molar-refractivity contribution in [3.05, 3.63) is 0 Å². The van der Waals surface area contributed by atoms with Gasteiger partial charge in [-0.25, -0.2) is 0 Å². The molecule has 0 atom stereocenters. The second kappa shape index (κ2) is 2.81. The molecule has 0 heterocycles. The highest BCUT2D eigenvalue weighted by Crippen LogP contribution is 2.63. The number of rotatable bonds is 3. The van der Waals surface area contributed by atoms with E-state index >= 15 is 0 Å². The third-order valence-corrected chi connectivity index (χ3v) is 4.41. The van der Waals surface area contributed by atoms with Crippen molar-refractivity contribution in [2.45, 2.75) is 45.4 Å². The zero-order chi connectivity index (χ0) is 10.4. The number of aliphatic carboxylic acids is 1. The molecule has 0 aromatic carbocycles. The molecule has 0 bridgehead atoms. The minimum absolute atomic E-state index is 0.0628. The lowest BCUT2D eigenvalue weighted by atomic mass is 9.44. The molecule has 2 aliphatic rings. The van der Waals surface area contributed by atoms with Gasteiger partial charge in [0.1, 0.15) is 5.78 Å². The van der Waals surface area contributed by atoms with Gasteiger partial charge in [-0.1, -0.05) is 13.3 Å². The number of carboxylic acids is 1. The summed E-state index contributed by atoms with van der Waals surface area (Å²) in [5, 5.41) is 9.28. The first kappa shape index (κ1) is 9.69. The average Bonchev–Trinajstić information content (AvgIpc) is 1.98. The van der Waals surface area contributed by atoms with Crippen LogP contribution >= 0.6 is 0 Å². The van der Waals surface area contributed by atoms with Gasteiger partial charge in [-0.15, -0.1) is 0 Å². The molecule has 2 saturated carbocycles. The highest BCUT2D eigenvalue weighted by atomic mass is 16.4. The first-order valence-electron chi connectivity index (χ1n) is 5.31. The lowest BCUT2D eigenvalue weighted by molar-refractivity contribution is -0.183. The normalized spacial score (nSPS) is 27.6. The average molecular weight is 196 g/mol. The highest BCUT2D eigenvalue weighted by Gasteiger charge is 2.64. The Balaban J connectivity index is 2.27. The Morgan fingerprint density at radius 3 is 2.21 bits per heavy atom. The van der Waals surface area contributed by atoms with E-state index in [0.717, 1.165) is 25.7 Å². The van der Waals surface area contributed by atoms with Crippen molar-refractivity contribution in [3.8, 4) is 0 Å². The number of hydrogen-bond donors (Lipinski definition) is 1. The summed E-state index contributed by atoms with van der Waals surface area (Å²) >= 11 is 0. The first-order chi connectivity index (χ1) is 6.56. The van der Waals surface area contributed by atoms with Crippen LogP contribution < -0.4 is 0 Å². The van der Waals surface area contributed by atoms with Crippen LogP contribution in [0.3, 0.4) is 0 Å². The summed E-state index contributed by atoms with van der Waals surface area (Å²) in [4.78, 5) is 22.4. The summed E-state index contributed by atoms with van der Waals surface area (Å²) in [6, 6.07) is 0. The van der Waals surface area contributed by atoms with E-state index in [9.17, 15) is 14.7 Å². The van der Waals surface area contributed by atoms with Crippen LogP contribution in [-0.4, -0.2) is 16.9 Å². The summed E-state index contributed by atoms with van der Waals surface area (Å²) in [5.74, 6) is -0.634. The predicted octanol–water partition coefficient (Wildman–Crippen LogP) is 2.00. The molecule has 14 heavy (non-hydrogen) atoms. The molecular formula is C11H16O3. The second-order valence-corrected chi connectivity index (χ2v) is 4.77.